The Hall–Kier alpha value is -2.17. The Morgan fingerprint density at radius 1 is 1.10 bits per heavy atom. The minimum atomic E-state index is 0.428. The highest BCUT2D eigenvalue weighted by molar-refractivity contribution is 6.42. The molecule has 0 atom stereocenters. The third kappa shape index (κ3) is 2.68. The van der Waals surface area contributed by atoms with Crippen molar-refractivity contribution < 1.29 is 4.79 Å². The Balaban J connectivity index is 2.11. The van der Waals surface area contributed by atoms with E-state index in [0.717, 1.165) is 12.0 Å². The largest absolute Gasteiger partial charge is 0.298 e. The van der Waals surface area contributed by atoms with Crippen molar-refractivity contribution in [3.63, 3.8) is 0 Å². The average Bonchev–Trinajstić information content (AvgIpc) is 2.95. The number of benzene rings is 1. The Labute approximate surface area is 131 Å². The van der Waals surface area contributed by atoms with Gasteiger partial charge in [0.2, 0.25) is 0 Å². The number of rotatable bonds is 3. The summed E-state index contributed by atoms with van der Waals surface area (Å²) in [5.74, 6) is 0. The number of aromatic nitrogens is 3. The fraction of sp³-hybridized carbons (Fsp3) is 0. The molecule has 0 saturated heterocycles. The van der Waals surface area contributed by atoms with Crippen LogP contribution < -0.4 is 0 Å². The zero-order chi connectivity index (χ0) is 14.8. The lowest BCUT2D eigenvalue weighted by atomic mass is 10.2. The molecule has 0 aliphatic heterocycles. The zero-order valence-electron chi connectivity index (χ0n) is 10.7. The Morgan fingerprint density at radius 2 is 1.95 bits per heavy atom. The van der Waals surface area contributed by atoms with Gasteiger partial charge in [-0.2, -0.15) is 5.10 Å². The molecule has 0 aliphatic rings. The molecule has 0 unspecified atom stereocenters. The smallest absolute Gasteiger partial charge is 0.153 e. The van der Waals surface area contributed by atoms with E-state index in [1.165, 1.54) is 0 Å². The summed E-state index contributed by atoms with van der Waals surface area (Å²) in [6.07, 6.45) is 4.05. The van der Waals surface area contributed by atoms with E-state index < -0.39 is 0 Å². The van der Waals surface area contributed by atoms with E-state index in [4.69, 9.17) is 23.2 Å². The highest BCUT2D eigenvalue weighted by Crippen LogP contribution is 2.26. The van der Waals surface area contributed by atoms with Gasteiger partial charge in [-0.15, -0.1) is 0 Å². The number of nitrogens with zero attached hydrogens (tertiary/aromatic N) is 3. The molecular weight excluding hydrogens is 309 g/mol. The molecule has 2 heterocycles. The third-order valence-electron chi connectivity index (χ3n) is 2.94. The summed E-state index contributed by atoms with van der Waals surface area (Å²) in [7, 11) is 0. The molecule has 0 spiro atoms. The second-order valence-corrected chi connectivity index (χ2v) is 5.12. The Bertz CT molecular complexity index is 800. The van der Waals surface area contributed by atoms with E-state index >= 15 is 0 Å². The van der Waals surface area contributed by atoms with Gasteiger partial charge in [0.05, 0.1) is 27.0 Å². The standard InChI is InChI=1S/C15H9Cl2N3O/c16-12-5-4-11(7-13(12)17)20-8-10(9-21)15(19-20)14-3-1-2-6-18-14/h1-9H. The van der Waals surface area contributed by atoms with Crippen molar-refractivity contribution in [3.8, 4) is 17.1 Å². The monoisotopic (exact) mass is 317 g/mol. The second-order valence-electron chi connectivity index (χ2n) is 4.31. The van der Waals surface area contributed by atoms with Gasteiger partial charge in [-0.05, 0) is 30.3 Å². The number of carbonyl (C=O) groups excluding carboxylic acids is 1. The number of halogens is 2. The molecule has 3 rings (SSSR count). The Kier molecular flexibility index (Phi) is 3.73. The van der Waals surface area contributed by atoms with Crippen LogP contribution in [0.3, 0.4) is 0 Å². The van der Waals surface area contributed by atoms with Crippen LogP contribution >= 0.6 is 23.2 Å². The number of aldehydes is 1. The van der Waals surface area contributed by atoms with Crippen molar-refractivity contribution in [3.05, 3.63) is 64.4 Å². The summed E-state index contributed by atoms with van der Waals surface area (Å²) in [6, 6.07) is 10.6. The van der Waals surface area contributed by atoms with Crippen LogP contribution in [-0.2, 0) is 0 Å². The fourth-order valence-electron chi connectivity index (χ4n) is 1.94. The maximum Gasteiger partial charge on any atom is 0.153 e. The predicted molar refractivity (Wildman–Crippen MR) is 82.2 cm³/mol. The molecule has 3 aromatic rings. The molecule has 0 bridgehead atoms. The maximum atomic E-state index is 11.2. The minimum absolute atomic E-state index is 0.428. The molecule has 2 aromatic heterocycles. The van der Waals surface area contributed by atoms with Crippen molar-refractivity contribution in [1.82, 2.24) is 14.8 Å². The summed E-state index contributed by atoms with van der Waals surface area (Å²) in [6.45, 7) is 0. The maximum absolute atomic E-state index is 11.2. The van der Waals surface area contributed by atoms with Gasteiger partial charge in [0.25, 0.3) is 0 Å². The highest BCUT2D eigenvalue weighted by atomic mass is 35.5. The molecule has 0 amide bonds. The average molecular weight is 318 g/mol. The van der Waals surface area contributed by atoms with E-state index in [2.05, 4.69) is 10.1 Å². The van der Waals surface area contributed by atoms with Gasteiger partial charge in [-0.25, -0.2) is 4.68 Å². The predicted octanol–water partition coefficient (Wildman–Crippen LogP) is 4.05. The summed E-state index contributed by atoms with van der Waals surface area (Å²) in [5.41, 5.74) is 2.34. The minimum Gasteiger partial charge on any atom is -0.298 e. The van der Waals surface area contributed by atoms with E-state index in [9.17, 15) is 4.79 Å². The van der Waals surface area contributed by atoms with Crippen LogP contribution in [0.2, 0.25) is 10.0 Å². The van der Waals surface area contributed by atoms with Gasteiger partial charge >= 0.3 is 0 Å². The van der Waals surface area contributed by atoms with Gasteiger partial charge in [-0.3, -0.25) is 9.78 Å². The lowest BCUT2D eigenvalue weighted by molar-refractivity contribution is 0.112. The van der Waals surface area contributed by atoms with Gasteiger partial charge in [-0.1, -0.05) is 29.3 Å². The zero-order valence-corrected chi connectivity index (χ0v) is 12.2. The fourth-order valence-corrected chi connectivity index (χ4v) is 2.23. The first-order valence-corrected chi connectivity index (χ1v) is 6.86. The molecule has 0 aliphatic carbocycles. The van der Waals surface area contributed by atoms with Gasteiger partial charge in [0, 0.05) is 12.4 Å². The third-order valence-corrected chi connectivity index (χ3v) is 3.68. The molecule has 0 saturated carbocycles. The normalized spacial score (nSPS) is 10.6. The van der Waals surface area contributed by atoms with Gasteiger partial charge in [0.15, 0.2) is 6.29 Å². The summed E-state index contributed by atoms with van der Waals surface area (Å²) in [5, 5.41) is 5.31. The van der Waals surface area contributed by atoms with E-state index in [1.807, 2.05) is 6.07 Å². The van der Waals surface area contributed by atoms with Crippen LogP contribution in [0.1, 0.15) is 10.4 Å². The van der Waals surface area contributed by atoms with Crippen molar-refractivity contribution in [2.45, 2.75) is 0 Å². The molecular formula is C15H9Cl2N3O. The lowest BCUT2D eigenvalue weighted by Crippen LogP contribution is -1.95. The second kappa shape index (κ2) is 5.68. The first kappa shape index (κ1) is 13.8. The topological polar surface area (TPSA) is 47.8 Å². The molecule has 0 N–H and O–H groups in total. The van der Waals surface area contributed by atoms with Crippen LogP contribution in [-0.4, -0.2) is 21.1 Å². The van der Waals surface area contributed by atoms with Crippen LogP contribution in [0, 0.1) is 0 Å². The van der Waals surface area contributed by atoms with Crippen molar-refractivity contribution in [1.29, 1.82) is 0 Å². The quantitative estimate of drug-likeness (QED) is 0.684. The number of hydrogen-bond acceptors (Lipinski definition) is 3. The number of hydrogen-bond donors (Lipinski definition) is 0. The van der Waals surface area contributed by atoms with Gasteiger partial charge in [0.1, 0.15) is 5.69 Å². The van der Waals surface area contributed by atoms with Gasteiger partial charge < -0.3 is 0 Å². The molecule has 21 heavy (non-hydrogen) atoms. The van der Waals surface area contributed by atoms with Crippen molar-refractivity contribution in [2.75, 3.05) is 0 Å². The van der Waals surface area contributed by atoms with Crippen LogP contribution in [0.4, 0.5) is 0 Å². The molecule has 0 fully saturated rings. The number of carbonyl (C=O) groups is 1. The van der Waals surface area contributed by atoms with Crippen LogP contribution in [0.15, 0.2) is 48.8 Å². The first-order valence-electron chi connectivity index (χ1n) is 6.10. The molecule has 104 valence electrons. The summed E-state index contributed by atoms with van der Waals surface area (Å²) < 4.78 is 1.58. The summed E-state index contributed by atoms with van der Waals surface area (Å²) in [4.78, 5) is 15.5. The van der Waals surface area contributed by atoms with E-state index in [0.29, 0.717) is 27.0 Å². The van der Waals surface area contributed by atoms with Crippen LogP contribution in [0.5, 0.6) is 0 Å². The molecule has 4 nitrogen and oxygen atoms in total. The van der Waals surface area contributed by atoms with Crippen LogP contribution in [0.25, 0.3) is 17.1 Å². The summed E-state index contributed by atoms with van der Waals surface area (Å²) >= 11 is 11.9. The highest BCUT2D eigenvalue weighted by Gasteiger charge is 2.13. The Morgan fingerprint density at radius 3 is 2.62 bits per heavy atom. The lowest BCUT2D eigenvalue weighted by Gasteiger charge is -2.02. The number of pyridine rings is 1. The molecule has 1 aromatic carbocycles. The van der Waals surface area contributed by atoms with E-state index in [-0.39, 0.29) is 0 Å². The molecule has 6 heteroatoms. The SMILES string of the molecule is O=Cc1cn(-c2ccc(Cl)c(Cl)c2)nc1-c1ccccn1. The van der Waals surface area contributed by atoms with Crippen molar-refractivity contribution >= 4 is 29.5 Å². The van der Waals surface area contributed by atoms with Crippen molar-refractivity contribution in [2.24, 2.45) is 0 Å². The first-order chi connectivity index (χ1) is 10.2. The van der Waals surface area contributed by atoms with E-state index in [1.54, 1.807) is 47.4 Å². The molecule has 0 radical (unpaired) electrons.